The van der Waals surface area contributed by atoms with E-state index < -0.39 is 9.84 Å². The first-order chi connectivity index (χ1) is 11.9. The minimum atomic E-state index is -3.10. The van der Waals surface area contributed by atoms with Crippen LogP contribution in [0.1, 0.15) is 12.2 Å². The van der Waals surface area contributed by atoms with Gasteiger partial charge in [-0.3, -0.25) is 4.79 Å². The predicted octanol–water partition coefficient (Wildman–Crippen LogP) is 2.53. The second-order valence-electron chi connectivity index (χ2n) is 5.90. The van der Waals surface area contributed by atoms with E-state index in [0.29, 0.717) is 23.0 Å². The highest BCUT2D eigenvalue weighted by molar-refractivity contribution is 7.91. The molecule has 1 aromatic heterocycles. The molecule has 0 N–H and O–H groups in total. The van der Waals surface area contributed by atoms with Crippen molar-refractivity contribution in [1.82, 2.24) is 4.90 Å². The van der Waals surface area contributed by atoms with E-state index >= 15 is 0 Å². The maximum absolute atomic E-state index is 12.6. The zero-order chi connectivity index (χ0) is 17.9. The maximum atomic E-state index is 12.6. The first-order valence-corrected chi connectivity index (χ1v) is 10.0. The average molecular weight is 384 g/mol. The highest BCUT2D eigenvalue weighted by atomic mass is 35.5. The number of amides is 1. The third kappa shape index (κ3) is 4.76. The van der Waals surface area contributed by atoms with Gasteiger partial charge in [0, 0.05) is 11.1 Å². The Labute approximate surface area is 151 Å². The molecule has 1 aliphatic heterocycles. The number of sulfone groups is 1. The van der Waals surface area contributed by atoms with E-state index in [1.165, 1.54) is 11.2 Å². The Morgan fingerprint density at radius 3 is 2.64 bits per heavy atom. The number of rotatable bonds is 6. The molecule has 6 nitrogen and oxygen atoms in total. The van der Waals surface area contributed by atoms with Crippen molar-refractivity contribution in [3.63, 3.8) is 0 Å². The van der Waals surface area contributed by atoms with Crippen molar-refractivity contribution in [1.29, 1.82) is 0 Å². The van der Waals surface area contributed by atoms with Gasteiger partial charge in [0.15, 0.2) is 16.4 Å². The van der Waals surface area contributed by atoms with Crippen LogP contribution in [0.15, 0.2) is 47.1 Å². The van der Waals surface area contributed by atoms with Gasteiger partial charge >= 0.3 is 0 Å². The monoisotopic (exact) mass is 383 g/mol. The molecule has 134 valence electrons. The maximum Gasteiger partial charge on any atom is 0.261 e. The van der Waals surface area contributed by atoms with Crippen LogP contribution in [0.25, 0.3) is 0 Å². The minimum absolute atomic E-state index is 0.0274. The summed E-state index contributed by atoms with van der Waals surface area (Å²) in [6.45, 7) is 0.0366. The number of furan rings is 1. The van der Waals surface area contributed by atoms with Crippen molar-refractivity contribution in [3.05, 3.63) is 53.4 Å². The lowest BCUT2D eigenvalue weighted by molar-refractivity contribution is -0.136. The summed E-state index contributed by atoms with van der Waals surface area (Å²) < 4.78 is 34.4. The van der Waals surface area contributed by atoms with Crippen LogP contribution < -0.4 is 4.74 Å². The Morgan fingerprint density at radius 1 is 1.28 bits per heavy atom. The van der Waals surface area contributed by atoms with Crippen molar-refractivity contribution >= 4 is 27.3 Å². The fourth-order valence-electron chi connectivity index (χ4n) is 2.77. The minimum Gasteiger partial charge on any atom is -0.484 e. The highest BCUT2D eigenvalue weighted by Gasteiger charge is 2.35. The molecule has 0 spiro atoms. The number of hydrogen-bond donors (Lipinski definition) is 0. The molecule has 25 heavy (non-hydrogen) atoms. The summed E-state index contributed by atoms with van der Waals surface area (Å²) in [6.07, 6.45) is 1.95. The Morgan fingerprint density at radius 2 is 2.04 bits per heavy atom. The molecule has 0 unspecified atom stereocenters. The second-order valence-corrected chi connectivity index (χ2v) is 8.57. The van der Waals surface area contributed by atoms with Gasteiger partial charge in [0.05, 0.1) is 24.3 Å². The van der Waals surface area contributed by atoms with Gasteiger partial charge in [-0.1, -0.05) is 11.6 Å². The fraction of sp³-hybridized carbons (Fsp3) is 0.353. The summed E-state index contributed by atoms with van der Waals surface area (Å²) in [4.78, 5) is 14.2. The molecule has 3 rings (SSSR count). The van der Waals surface area contributed by atoms with Crippen LogP contribution in [-0.2, 0) is 21.2 Å². The summed E-state index contributed by atoms with van der Waals surface area (Å²) >= 11 is 5.82. The number of carbonyl (C=O) groups excluding carboxylic acids is 1. The Kier molecular flexibility index (Phi) is 5.34. The lowest BCUT2D eigenvalue weighted by atomic mass is 10.2. The SMILES string of the molecule is O=C(COc1ccc(Cl)cc1)N(Cc1ccco1)[C@@H]1CCS(=O)(=O)C1. The number of nitrogens with zero attached hydrogens (tertiary/aromatic N) is 1. The molecular formula is C17H18ClNO5S. The third-order valence-corrected chi connectivity index (χ3v) is 6.05. The van der Waals surface area contributed by atoms with E-state index in [4.69, 9.17) is 20.8 Å². The van der Waals surface area contributed by atoms with Gasteiger partial charge in [-0.15, -0.1) is 0 Å². The molecule has 1 saturated heterocycles. The van der Waals surface area contributed by atoms with Crippen molar-refractivity contribution in [2.75, 3.05) is 18.1 Å². The van der Waals surface area contributed by atoms with E-state index in [1.807, 2.05) is 0 Å². The van der Waals surface area contributed by atoms with Crippen LogP contribution in [-0.4, -0.2) is 43.4 Å². The molecule has 1 atom stereocenters. The van der Waals surface area contributed by atoms with Gasteiger partial charge in [0.1, 0.15) is 11.5 Å². The van der Waals surface area contributed by atoms with Gasteiger partial charge in [0.25, 0.3) is 5.91 Å². The summed E-state index contributed by atoms with van der Waals surface area (Å²) in [7, 11) is -3.10. The van der Waals surface area contributed by atoms with Crippen LogP contribution in [0.3, 0.4) is 0 Å². The standard InChI is InChI=1S/C17H18ClNO5S/c18-13-3-5-15(6-4-13)24-11-17(20)19(10-16-2-1-8-23-16)14-7-9-25(21,22)12-14/h1-6,8,14H,7,9-12H2/t14-/m1/s1. The van der Waals surface area contributed by atoms with Crippen LogP contribution in [0.4, 0.5) is 0 Å². The number of ether oxygens (including phenoxy) is 1. The summed E-state index contributed by atoms with van der Waals surface area (Å²) in [5.74, 6) is 0.908. The molecule has 1 aliphatic rings. The van der Waals surface area contributed by atoms with Crippen molar-refractivity contribution in [2.45, 2.75) is 19.0 Å². The van der Waals surface area contributed by atoms with Crippen LogP contribution in [0.5, 0.6) is 5.75 Å². The first-order valence-electron chi connectivity index (χ1n) is 7.83. The lowest BCUT2D eigenvalue weighted by Crippen LogP contribution is -2.43. The highest BCUT2D eigenvalue weighted by Crippen LogP contribution is 2.21. The van der Waals surface area contributed by atoms with Gasteiger partial charge in [-0.05, 0) is 42.8 Å². The van der Waals surface area contributed by atoms with Gasteiger partial charge in [-0.25, -0.2) is 8.42 Å². The Balaban J connectivity index is 1.69. The molecule has 0 aliphatic carbocycles. The molecular weight excluding hydrogens is 366 g/mol. The van der Waals surface area contributed by atoms with Gasteiger partial charge < -0.3 is 14.1 Å². The van der Waals surface area contributed by atoms with Crippen LogP contribution >= 0.6 is 11.6 Å². The van der Waals surface area contributed by atoms with Crippen molar-refractivity contribution < 1.29 is 22.4 Å². The summed E-state index contributed by atoms with van der Waals surface area (Å²) in [5.41, 5.74) is 0. The second kappa shape index (κ2) is 7.49. The molecule has 2 heterocycles. The third-order valence-electron chi connectivity index (χ3n) is 4.05. The number of halogens is 1. The van der Waals surface area contributed by atoms with Gasteiger partial charge in [0.2, 0.25) is 0 Å². The molecule has 2 aromatic rings. The molecule has 0 bridgehead atoms. The van der Waals surface area contributed by atoms with E-state index in [2.05, 4.69) is 0 Å². The van der Waals surface area contributed by atoms with E-state index in [-0.39, 0.29) is 36.6 Å². The average Bonchev–Trinajstić information content (AvgIpc) is 3.21. The molecule has 0 saturated carbocycles. The van der Waals surface area contributed by atoms with E-state index in [1.54, 1.807) is 36.4 Å². The molecule has 8 heteroatoms. The van der Waals surface area contributed by atoms with E-state index in [9.17, 15) is 13.2 Å². The summed E-state index contributed by atoms with van der Waals surface area (Å²) in [6, 6.07) is 9.81. The predicted molar refractivity (Wildman–Crippen MR) is 93.3 cm³/mol. The van der Waals surface area contributed by atoms with Crippen LogP contribution in [0, 0.1) is 0 Å². The first kappa shape index (κ1) is 17.8. The number of hydrogen-bond acceptors (Lipinski definition) is 5. The zero-order valence-corrected chi connectivity index (χ0v) is 15.0. The normalized spacial score (nSPS) is 18.8. The summed E-state index contributed by atoms with van der Waals surface area (Å²) in [5, 5.41) is 0.578. The van der Waals surface area contributed by atoms with Crippen molar-refractivity contribution in [2.24, 2.45) is 0 Å². The molecule has 1 fully saturated rings. The fourth-order valence-corrected chi connectivity index (χ4v) is 4.63. The largest absolute Gasteiger partial charge is 0.484 e. The van der Waals surface area contributed by atoms with Crippen LogP contribution in [0.2, 0.25) is 5.02 Å². The molecule has 1 aromatic carbocycles. The van der Waals surface area contributed by atoms with E-state index in [0.717, 1.165) is 0 Å². The Bertz CT molecular complexity index is 817. The molecule has 0 radical (unpaired) electrons. The number of benzene rings is 1. The quantitative estimate of drug-likeness (QED) is 0.766. The Hall–Kier alpha value is -1.99. The lowest BCUT2D eigenvalue weighted by Gasteiger charge is -2.27. The van der Waals surface area contributed by atoms with Crippen molar-refractivity contribution in [3.8, 4) is 5.75 Å². The zero-order valence-electron chi connectivity index (χ0n) is 13.4. The topological polar surface area (TPSA) is 76.8 Å². The number of carbonyl (C=O) groups is 1. The molecule has 1 amide bonds. The smallest absolute Gasteiger partial charge is 0.261 e. The van der Waals surface area contributed by atoms with Gasteiger partial charge in [-0.2, -0.15) is 0 Å².